The zero-order valence-electron chi connectivity index (χ0n) is 18.2. The van der Waals surface area contributed by atoms with Crippen molar-refractivity contribution in [2.75, 3.05) is 25.1 Å². The third kappa shape index (κ3) is 4.68. The number of carbonyl (C=O) groups excluding carboxylic acids is 2. The largest absolute Gasteiger partial charge is 0.493 e. The predicted molar refractivity (Wildman–Crippen MR) is 120 cm³/mol. The number of anilines is 1. The van der Waals surface area contributed by atoms with E-state index in [1.54, 1.807) is 24.1 Å². The zero-order chi connectivity index (χ0) is 21.8. The quantitative estimate of drug-likeness (QED) is 0.723. The number of nitrogens with one attached hydrogen (secondary N) is 1. The SMILES string of the molecule is CCNC(=O)c1cccc(N2C[C@@H](c3ccc(OC)c(OC4CCCC4)c3)CC2=O)c1. The molecule has 6 nitrogen and oxygen atoms in total. The van der Waals surface area contributed by atoms with Crippen LogP contribution in [-0.4, -0.2) is 38.1 Å². The van der Waals surface area contributed by atoms with Gasteiger partial charge in [0.2, 0.25) is 5.91 Å². The molecule has 164 valence electrons. The molecule has 6 heteroatoms. The van der Waals surface area contributed by atoms with E-state index in [9.17, 15) is 9.59 Å². The molecular weight excluding hydrogens is 392 g/mol. The molecule has 31 heavy (non-hydrogen) atoms. The summed E-state index contributed by atoms with van der Waals surface area (Å²) in [4.78, 5) is 26.8. The van der Waals surface area contributed by atoms with Crippen molar-refractivity contribution < 1.29 is 19.1 Å². The van der Waals surface area contributed by atoms with Crippen LogP contribution in [0.4, 0.5) is 5.69 Å². The van der Waals surface area contributed by atoms with E-state index in [0.29, 0.717) is 25.1 Å². The van der Waals surface area contributed by atoms with Gasteiger partial charge in [-0.3, -0.25) is 9.59 Å². The molecule has 1 atom stereocenters. The highest BCUT2D eigenvalue weighted by Crippen LogP contribution is 2.38. The summed E-state index contributed by atoms with van der Waals surface area (Å²) in [7, 11) is 1.65. The number of rotatable bonds is 7. The first kappa shape index (κ1) is 21.2. The van der Waals surface area contributed by atoms with Crippen molar-refractivity contribution >= 4 is 17.5 Å². The molecule has 4 rings (SSSR count). The smallest absolute Gasteiger partial charge is 0.251 e. The van der Waals surface area contributed by atoms with Crippen LogP contribution in [0.5, 0.6) is 11.5 Å². The molecule has 1 heterocycles. The fraction of sp³-hybridized carbons (Fsp3) is 0.440. The summed E-state index contributed by atoms with van der Waals surface area (Å²) in [6, 6.07) is 13.2. The summed E-state index contributed by atoms with van der Waals surface area (Å²) in [6.45, 7) is 3.03. The number of nitrogens with zero attached hydrogens (tertiary/aromatic N) is 1. The van der Waals surface area contributed by atoms with E-state index >= 15 is 0 Å². The average Bonchev–Trinajstić information content (AvgIpc) is 3.43. The highest BCUT2D eigenvalue weighted by Gasteiger charge is 2.32. The minimum Gasteiger partial charge on any atom is -0.493 e. The Bertz CT molecular complexity index is 952. The fourth-order valence-corrected chi connectivity index (χ4v) is 4.48. The summed E-state index contributed by atoms with van der Waals surface area (Å²) in [6.07, 6.45) is 5.22. The van der Waals surface area contributed by atoms with E-state index in [1.807, 2.05) is 37.3 Å². The van der Waals surface area contributed by atoms with Crippen molar-refractivity contribution in [1.82, 2.24) is 5.32 Å². The molecule has 0 radical (unpaired) electrons. The molecule has 0 spiro atoms. The molecule has 0 aromatic heterocycles. The predicted octanol–water partition coefficient (Wildman–Crippen LogP) is 4.29. The van der Waals surface area contributed by atoms with E-state index in [-0.39, 0.29) is 23.8 Å². The Labute approximate surface area is 183 Å². The number of methoxy groups -OCH3 is 1. The van der Waals surface area contributed by atoms with Crippen LogP contribution in [0.25, 0.3) is 0 Å². The molecule has 1 saturated heterocycles. The normalized spacial score (nSPS) is 19.0. The molecule has 2 aliphatic rings. The molecule has 1 aliphatic carbocycles. The first-order valence-corrected chi connectivity index (χ1v) is 11.1. The number of ether oxygens (including phenoxy) is 2. The number of hydrogen-bond acceptors (Lipinski definition) is 4. The van der Waals surface area contributed by atoms with E-state index in [2.05, 4.69) is 5.32 Å². The van der Waals surface area contributed by atoms with Crippen LogP contribution in [0.1, 0.15) is 60.9 Å². The number of benzene rings is 2. The summed E-state index contributed by atoms with van der Waals surface area (Å²) >= 11 is 0. The van der Waals surface area contributed by atoms with Gasteiger partial charge in [0.1, 0.15) is 0 Å². The maximum absolute atomic E-state index is 12.8. The molecule has 1 N–H and O–H groups in total. The van der Waals surface area contributed by atoms with Crippen LogP contribution in [0.2, 0.25) is 0 Å². The topological polar surface area (TPSA) is 67.9 Å². The van der Waals surface area contributed by atoms with E-state index in [4.69, 9.17) is 9.47 Å². The summed E-state index contributed by atoms with van der Waals surface area (Å²) < 4.78 is 11.7. The molecule has 2 aromatic carbocycles. The van der Waals surface area contributed by atoms with Crippen LogP contribution < -0.4 is 19.7 Å². The van der Waals surface area contributed by atoms with Crippen LogP contribution >= 0.6 is 0 Å². The Morgan fingerprint density at radius 3 is 2.68 bits per heavy atom. The second kappa shape index (κ2) is 9.41. The molecule has 1 aliphatic heterocycles. The molecule has 1 saturated carbocycles. The van der Waals surface area contributed by atoms with Gasteiger partial charge in [-0.05, 0) is 68.5 Å². The first-order valence-electron chi connectivity index (χ1n) is 11.1. The fourth-order valence-electron chi connectivity index (χ4n) is 4.48. The zero-order valence-corrected chi connectivity index (χ0v) is 18.2. The van der Waals surface area contributed by atoms with Crippen LogP contribution in [0.3, 0.4) is 0 Å². The van der Waals surface area contributed by atoms with Gasteiger partial charge in [0.15, 0.2) is 11.5 Å². The van der Waals surface area contributed by atoms with Crippen molar-refractivity contribution in [2.45, 2.75) is 51.0 Å². The Hall–Kier alpha value is -3.02. The van der Waals surface area contributed by atoms with E-state index < -0.39 is 0 Å². The minimum absolute atomic E-state index is 0.0622. The standard InChI is InChI=1S/C25H30N2O4/c1-3-26-25(29)18-7-6-8-20(13-18)27-16-19(15-24(27)28)17-11-12-22(30-2)23(14-17)31-21-9-4-5-10-21/h6-8,11-14,19,21H,3-5,9-10,15-16H2,1-2H3,(H,26,29)/t19-/m0/s1. The van der Waals surface area contributed by atoms with Gasteiger partial charge >= 0.3 is 0 Å². The van der Waals surface area contributed by atoms with Gasteiger partial charge in [0.05, 0.1) is 13.2 Å². The van der Waals surface area contributed by atoms with Crippen LogP contribution in [-0.2, 0) is 4.79 Å². The van der Waals surface area contributed by atoms with Crippen molar-refractivity contribution in [2.24, 2.45) is 0 Å². The maximum atomic E-state index is 12.8. The second-order valence-corrected chi connectivity index (χ2v) is 8.25. The first-order chi connectivity index (χ1) is 15.1. The third-order valence-corrected chi connectivity index (χ3v) is 6.14. The second-order valence-electron chi connectivity index (χ2n) is 8.25. The van der Waals surface area contributed by atoms with Gasteiger partial charge in [0.25, 0.3) is 5.91 Å². The maximum Gasteiger partial charge on any atom is 0.251 e. The van der Waals surface area contributed by atoms with Crippen LogP contribution in [0, 0.1) is 0 Å². The lowest BCUT2D eigenvalue weighted by Crippen LogP contribution is -2.26. The lowest BCUT2D eigenvalue weighted by molar-refractivity contribution is -0.117. The van der Waals surface area contributed by atoms with Crippen molar-refractivity contribution in [3.05, 3.63) is 53.6 Å². The van der Waals surface area contributed by atoms with Gasteiger partial charge in [0, 0.05) is 36.7 Å². The Morgan fingerprint density at radius 1 is 1.13 bits per heavy atom. The summed E-state index contributed by atoms with van der Waals surface area (Å²) in [5, 5.41) is 2.80. The van der Waals surface area contributed by atoms with Gasteiger partial charge in [-0.25, -0.2) is 0 Å². The monoisotopic (exact) mass is 422 g/mol. The molecule has 0 bridgehead atoms. The highest BCUT2D eigenvalue weighted by atomic mass is 16.5. The van der Waals surface area contributed by atoms with Crippen LogP contribution in [0.15, 0.2) is 42.5 Å². The van der Waals surface area contributed by atoms with Crippen molar-refractivity contribution in [1.29, 1.82) is 0 Å². The molecule has 2 amide bonds. The average molecular weight is 423 g/mol. The number of hydrogen-bond donors (Lipinski definition) is 1. The highest BCUT2D eigenvalue weighted by molar-refractivity contribution is 5.99. The molecular formula is C25H30N2O4. The van der Waals surface area contributed by atoms with Gasteiger partial charge in [-0.2, -0.15) is 0 Å². The molecule has 2 aromatic rings. The van der Waals surface area contributed by atoms with Crippen molar-refractivity contribution in [3.63, 3.8) is 0 Å². The molecule has 0 unspecified atom stereocenters. The van der Waals surface area contributed by atoms with Gasteiger partial charge < -0.3 is 19.7 Å². The van der Waals surface area contributed by atoms with Crippen molar-refractivity contribution in [3.8, 4) is 11.5 Å². The summed E-state index contributed by atoms with van der Waals surface area (Å²) in [5.74, 6) is 1.49. The van der Waals surface area contributed by atoms with E-state index in [1.165, 1.54) is 12.8 Å². The van der Waals surface area contributed by atoms with Gasteiger partial charge in [-0.1, -0.05) is 12.1 Å². The minimum atomic E-state index is -0.128. The van der Waals surface area contributed by atoms with E-state index in [0.717, 1.165) is 35.6 Å². The third-order valence-electron chi connectivity index (χ3n) is 6.14. The lowest BCUT2D eigenvalue weighted by atomic mass is 9.98. The number of carbonyl (C=O) groups is 2. The Morgan fingerprint density at radius 2 is 1.94 bits per heavy atom. The lowest BCUT2D eigenvalue weighted by Gasteiger charge is -2.20. The van der Waals surface area contributed by atoms with Gasteiger partial charge in [-0.15, -0.1) is 0 Å². The summed E-state index contributed by atoms with van der Waals surface area (Å²) in [5.41, 5.74) is 2.39. The Kier molecular flexibility index (Phi) is 6.44. The Balaban J connectivity index is 1.53. The number of amides is 2. The molecule has 2 fully saturated rings.